The SMILES string of the molecule is O=C(Nc1nc(-c2ccccc2)cs1)c1ccc(=O)n(Cc2ccccc2Cl)c1. The van der Waals surface area contributed by atoms with Crippen LogP contribution >= 0.6 is 22.9 Å². The van der Waals surface area contributed by atoms with Crippen LogP contribution in [-0.4, -0.2) is 15.5 Å². The summed E-state index contributed by atoms with van der Waals surface area (Å²) in [5.74, 6) is -0.327. The third-order valence-corrected chi connectivity index (χ3v) is 5.46. The van der Waals surface area contributed by atoms with Gasteiger partial charge in [0.05, 0.1) is 17.8 Å². The summed E-state index contributed by atoms with van der Waals surface area (Å²) >= 11 is 7.54. The summed E-state index contributed by atoms with van der Waals surface area (Å²) in [7, 11) is 0. The van der Waals surface area contributed by atoms with Crippen molar-refractivity contribution in [3.63, 3.8) is 0 Å². The number of nitrogens with zero attached hydrogens (tertiary/aromatic N) is 2. The predicted molar refractivity (Wildman–Crippen MR) is 117 cm³/mol. The molecular weight excluding hydrogens is 406 g/mol. The molecule has 5 nitrogen and oxygen atoms in total. The summed E-state index contributed by atoms with van der Waals surface area (Å²) in [6, 6.07) is 19.9. The van der Waals surface area contributed by atoms with E-state index in [4.69, 9.17) is 11.6 Å². The summed E-state index contributed by atoms with van der Waals surface area (Å²) in [4.78, 5) is 29.3. The van der Waals surface area contributed by atoms with E-state index in [1.165, 1.54) is 34.2 Å². The molecule has 2 heterocycles. The van der Waals surface area contributed by atoms with Gasteiger partial charge in [-0.2, -0.15) is 0 Å². The predicted octanol–water partition coefficient (Wildman–Crippen LogP) is 4.93. The van der Waals surface area contributed by atoms with Crippen molar-refractivity contribution in [1.29, 1.82) is 0 Å². The third kappa shape index (κ3) is 4.45. The number of rotatable bonds is 5. The Morgan fingerprint density at radius 3 is 2.59 bits per heavy atom. The van der Waals surface area contributed by atoms with E-state index in [1.807, 2.05) is 53.9 Å². The molecule has 1 amide bonds. The highest BCUT2D eigenvalue weighted by atomic mass is 35.5. The van der Waals surface area contributed by atoms with Crippen molar-refractivity contribution in [1.82, 2.24) is 9.55 Å². The molecule has 4 rings (SSSR count). The minimum atomic E-state index is -0.327. The molecule has 2 aromatic heterocycles. The molecule has 0 saturated heterocycles. The first kappa shape index (κ1) is 19.1. The fourth-order valence-corrected chi connectivity index (χ4v) is 3.75. The minimum absolute atomic E-state index is 0.206. The first-order valence-corrected chi connectivity index (χ1v) is 10.1. The number of aromatic nitrogens is 2. The van der Waals surface area contributed by atoms with Crippen molar-refractivity contribution in [2.24, 2.45) is 0 Å². The molecule has 0 atom stereocenters. The Hall–Kier alpha value is -3.22. The van der Waals surface area contributed by atoms with E-state index in [-0.39, 0.29) is 18.0 Å². The van der Waals surface area contributed by atoms with Crippen LogP contribution in [0.4, 0.5) is 5.13 Å². The maximum atomic E-state index is 12.7. The van der Waals surface area contributed by atoms with Gasteiger partial charge in [-0.15, -0.1) is 11.3 Å². The molecule has 4 aromatic rings. The summed E-state index contributed by atoms with van der Waals surface area (Å²) in [6.07, 6.45) is 1.53. The average molecular weight is 422 g/mol. The number of carbonyl (C=O) groups excluding carboxylic acids is 1. The lowest BCUT2D eigenvalue weighted by Gasteiger charge is -2.09. The standard InChI is InChI=1S/C22H16ClN3O2S/c23-18-9-5-4-8-16(18)12-26-13-17(10-11-20(26)27)21(28)25-22-24-19(14-29-22)15-6-2-1-3-7-15/h1-11,13-14H,12H2,(H,24,25,28). The highest BCUT2D eigenvalue weighted by Crippen LogP contribution is 2.25. The Bertz CT molecular complexity index is 1220. The van der Waals surface area contributed by atoms with Crippen molar-refractivity contribution in [2.75, 3.05) is 5.32 Å². The first-order chi connectivity index (χ1) is 14.1. The molecule has 2 aromatic carbocycles. The van der Waals surface area contributed by atoms with E-state index in [2.05, 4.69) is 10.3 Å². The zero-order valence-electron chi connectivity index (χ0n) is 15.2. The molecule has 7 heteroatoms. The molecule has 29 heavy (non-hydrogen) atoms. The molecule has 0 aliphatic carbocycles. The van der Waals surface area contributed by atoms with Gasteiger partial charge in [0, 0.05) is 28.2 Å². The molecular formula is C22H16ClN3O2S. The molecule has 0 spiro atoms. The first-order valence-electron chi connectivity index (χ1n) is 8.86. The number of pyridine rings is 1. The second kappa shape index (κ2) is 8.43. The maximum Gasteiger partial charge on any atom is 0.258 e. The fraction of sp³-hybridized carbons (Fsp3) is 0.0455. The number of anilines is 1. The average Bonchev–Trinajstić information content (AvgIpc) is 3.20. The topological polar surface area (TPSA) is 64.0 Å². The van der Waals surface area contributed by atoms with Gasteiger partial charge in [0.25, 0.3) is 11.5 Å². The second-order valence-corrected chi connectivity index (χ2v) is 7.60. The van der Waals surface area contributed by atoms with Gasteiger partial charge < -0.3 is 4.57 Å². The van der Waals surface area contributed by atoms with Gasteiger partial charge in [-0.25, -0.2) is 4.98 Å². The summed E-state index contributed by atoms with van der Waals surface area (Å²) < 4.78 is 1.47. The molecule has 0 aliphatic heterocycles. The molecule has 0 unspecified atom stereocenters. The quantitative estimate of drug-likeness (QED) is 0.497. The number of hydrogen-bond acceptors (Lipinski definition) is 4. The monoisotopic (exact) mass is 421 g/mol. The van der Waals surface area contributed by atoms with Gasteiger partial charge in [-0.05, 0) is 17.7 Å². The van der Waals surface area contributed by atoms with Crippen LogP contribution in [0, 0.1) is 0 Å². The summed E-state index contributed by atoms with van der Waals surface area (Å²) in [5, 5.41) is 5.76. The number of benzene rings is 2. The van der Waals surface area contributed by atoms with Crippen LogP contribution in [0.25, 0.3) is 11.3 Å². The molecule has 0 saturated carbocycles. The third-order valence-electron chi connectivity index (χ3n) is 4.34. The number of thiazole rings is 1. The number of halogens is 1. The lowest BCUT2D eigenvalue weighted by atomic mass is 10.2. The highest BCUT2D eigenvalue weighted by Gasteiger charge is 2.12. The lowest BCUT2D eigenvalue weighted by Crippen LogP contribution is -2.22. The van der Waals surface area contributed by atoms with Crippen molar-refractivity contribution < 1.29 is 4.79 Å². The van der Waals surface area contributed by atoms with Crippen LogP contribution in [0.15, 0.2) is 83.1 Å². The van der Waals surface area contributed by atoms with Crippen LogP contribution in [0.2, 0.25) is 5.02 Å². The number of carbonyl (C=O) groups is 1. The zero-order valence-corrected chi connectivity index (χ0v) is 16.8. The van der Waals surface area contributed by atoms with Gasteiger partial charge in [-0.1, -0.05) is 60.1 Å². The van der Waals surface area contributed by atoms with Crippen LogP contribution < -0.4 is 10.9 Å². The maximum absolute atomic E-state index is 12.7. The highest BCUT2D eigenvalue weighted by molar-refractivity contribution is 7.14. The molecule has 1 N–H and O–H groups in total. The van der Waals surface area contributed by atoms with E-state index in [0.717, 1.165) is 16.8 Å². The van der Waals surface area contributed by atoms with E-state index in [1.54, 1.807) is 6.07 Å². The molecule has 144 valence electrons. The Balaban J connectivity index is 1.53. The van der Waals surface area contributed by atoms with Crippen LogP contribution in [-0.2, 0) is 6.54 Å². The van der Waals surface area contributed by atoms with Crippen LogP contribution in [0.5, 0.6) is 0 Å². The van der Waals surface area contributed by atoms with Crippen LogP contribution in [0.3, 0.4) is 0 Å². The normalized spacial score (nSPS) is 10.7. The Kier molecular flexibility index (Phi) is 5.55. The molecule has 0 bridgehead atoms. The van der Waals surface area contributed by atoms with Crippen molar-refractivity contribution in [3.05, 3.63) is 105 Å². The smallest absolute Gasteiger partial charge is 0.258 e. The van der Waals surface area contributed by atoms with Gasteiger partial charge in [-0.3, -0.25) is 14.9 Å². The van der Waals surface area contributed by atoms with E-state index in [9.17, 15) is 9.59 Å². The van der Waals surface area contributed by atoms with Gasteiger partial charge >= 0.3 is 0 Å². The van der Waals surface area contributed by atoms with Gasteiger partial charge in [0.2, 0.25) is 0 Å². The summed E-state index contributed by atoms with van der Waals surface area (Å²) in [6.45, 7) is 0.287. The molecule has 0 aliphatic rings. The second-order valence-electron chi connectivity index (χ2n) is 6.33. The lowest BCUT2D eigenvalue weighted by molar-refractivity contribution is 0.102. The Morgan fingerprint density at radius 1 is 1.03 bits per heavy atom. The Labute approximate surface area is 176 Å². The number of amides is 1. The van der Waals surface area contributed by atoms with Crippen molar-refractivity contribution in [3.8, 4) is 11.3 Å². The van der Waals surface area contributed by atoms with E-state index >= 15 is 0 Å². The number of nitrogens with one attached hydrogen (secondary N) is 1. The zero-order chi connectivity index (χ0) is 20.2. The van der Waals surface area contributed by atoms with Crippen LogP contribution in [0.1, 0.15) is 15.9 Å². The van der Waals surface area contributed by atoms with Gasteiger partial charge in [0.15, 0.2) is 5.13 Å². The van der Waals surface area contributed by atoms with Crippen molar-refractivity contribution in [2.45, 2.75) is 6.54 Å². The van der Waals surface area contributed by atoms with E-state index < -0.39 is 0 Å². The van der Waals surface area contributed by atoms with Crippen molar-refractivity contribution >= 4 is 34.0 Å². The number of hydrogen-bond donors (Lipinski definition) is 1. The fourth-order valence-electron chi connectivity index (χ4n) is 2.84. The minimum Gasteiger partial charge on any atom is -0.310 e. The molecule has 0 fully saturated rings. The molecule has 0 radical (unpaired) electrons. The Morgan fingerprint density at radius 2 is 1.79 bits per heavy atom. The largest absolute Gasteiger partial charge is 0.310 e. The van der Waals surface area contributed by atoms with E-state index in [0.29, 0.717) is 15.7 Å². The van der Waals surface area contributed by atoms with Gasteiger partial charge in [0.1, 0.15) is 0 Å². The summed E-state index contributed by atoms with van der Waals surface area (Å²) in [5.41, 5.74) is 2.75.